The second kappa shape index (κ2) is 9.93. The summed E-state index contributed by atoms with van der Waals surface area (Å²) in [5.74, 6) is 0.361. The quantitative estimate of drug-likeness (QED) is 0.253. The monoisotopic (exact) mass is 490 g/mol. The van der Waals surface area contributed by atoms with E-state index < -0.39 is 5.91 Å². The SMILES string of the molecule is O=C(N/N=C/c1cc(Br)ccc1O)c1cc(-c2ccc(OCc3ccccc3)cc2)n[nH]1. The molecule has 0 spiro atoms. The van der Waals surface area contributed by atoms with E-state index >= 15 is 0 Å². The van der Waals surface area contributed by atoms with Gasteiger partial charge in [0.05, 0.1) is 11.9 Å². The highest BCUT2D eigenvalue weighted by Gasteiger charge is 2.11. The number of rotatable bonds is 7. The number of aromatic nitrogens is 2. The number of ether oxygens (including phenoxy) is 1. The minimum Gasteiger partial charge on any atom is -0.507 e. The number of nitrogens with one attached hydrogen (secondary N) is 2. The van der Waals surface area contributed by atoms with Crippen molar-refractivity contribution in [2.45, 2.75) is 6.61 Å². The van der Waals surface area contributed by atoms with Crippen molar-refractivity contribution in [3.8, 4) is 22.8 Å². The molecule has 7 nitrogen and oxygen atoms in total. The molecule has 160 valence electrons. The lowest BCUT2D eigenvalue weighted by Gasteiger charge is -2.06. The number of amides is 1. The van der Waals surface area contributed by atoms with Crippen molar-refractivity contribution in [3.05, 3.63) is 100 Å². The fourth-order valence-electron chi connectivity index (χ4n) is 2.90. The first-order valence-corrected chi connectivity index (χ1v) is 10.5. The second-order valence-corrected chi connectivity index (χ2v) is 7.78. The van der Waals surface area contributed by atoms with Crippen LogP contribution >= 0.6 is 15.9 Å². The van der Waals surface area contributed by atoms with Gasteiger partial charge in [0.1, 0.15) is 23.8 Å². The summed E-state index contributed by atoms with van der Waals surface area (Å²) >= 11 is 3.32. The number of hydrogen-bond donors (Lipinski definition) is 3. The molecular formula is C24H19BrN4O3. The lowest BCUT2D eigenvalue weighted by molar-refractivity contribution is 0.0950. The van der Waals surface area contributed by atoms with Gasteiger partial charge in [-0.1, -0.05) is 46.3 Å². The predicted molar refractivity (Wildman–Crippen MR) is 126 cm³/mol. The number of hydrogen-bond acceptors (Lipinski definition) is 5. The Bertz CT molecular complexity index is 1240. The molecular weight excluding hydrogens is 472 g/mol. The molecule has 0 fully saturated rings. The van der Waals surface area contributed by atoms with Crippen LogP contribution in [0.25, 0.3) is 11.3 Å². The number of aromatic amines is 1. The number of phenolic OH excluding ortho intramolecular Hbond substituents is 1. The number of H-pyrrole nitrogens is 1. The fourth-order valence-corrected chi connectivity index (χ4v) is 3.28. The summed E-state index contributed by atoms with van der Waals surface area (Å²) in [6.45, 7) is 0.491. The number of phenols is 1. The maximum atomic E-state index is 12.3. The summed E-state index contributed by atoms with van der Waals surface area (Å²) in [7, 11) is 0. The lowest BCUT2D eigenvalue weighted by Crippen LogP contribution is -2.18. The van der Waals surface area contributed by atoms with Crippen LogP contribution in [0.1, 0.15) is 21.6 Å². The summed E-state index contributed by atoms with van der Waals surface area (Å²) in [6.07, 6.45) is 1.36. The largest absolute Gasteiger partial charge is 0.507 e. The van der Waals surface area contributed by atoms with Crippen LogP contribution in [0.5, 0.6) is 11.5 Å². The van der Waals surface area contributed by atoms with Crippen LogP contribution < -0.4 is 10.2 Å². The van der Waals surface area contributed by atoms with Gasteiger partial charge in [-0.05, 0) is 54.1 Å². The molecule has 0 saturated heterocycles. The van der Waals surface area contributed by atoms with E-state index in [1.807, 2.05) is 54.6 Å². The van der Waals surface area contributed by atoms with Crippen LogP contribution in [-0.2, 0) is 6.61 Å². The van der Waals surface area contributed by atoms with Gasteiger partial charge in [0.2, 0.25) is 0 Å². The van der Waals surface area contributed by atoms with Crippen LogP contribution in [0.3, 0.4) is 0 Å². The van der Waals surface area contributed by atoms with Gasteiger partial charge in [-0.25, -0.2) is 5.43 Å². The number of halogens is 1. The van der Waals surface area contributed by atoms with E-state index in [2.05, 4.69) is 36.7 Å². The molecule has 1 aromatic heterocycles. The minimum atomic E-state index is -0.447. The van der Waals surface area contributed by atoms with E-state index in [0.29, 0.717) is 17.9 Å². The minimum absolute atomic E-state index is 0.0613. The summed E-state index contributed by atoms with van der Waals surface area (Å²) in [4.78, 5) is 12.3. The van der Waals surface area contributed by atoms with Crippen LogP contribution in [0.15, 0.2) is 88.4 Å². The molecule has 0 unspecified atom stereocenters. The zero-order valence-electron chi connectivity index (χ0n) is 16.8. The Hall–Kier alpha value is -3.91. The smallest absolute Gasteiger partial charge is 0.289 e. The number of nitrogens with zero attached hydrogens (tertiary/aromatic N) is 2. The first-order chi connectivity index (χ1) is 15.6. The van der Waals surface area contributed by atoms with Crippen LogP contribution in [-0.4, -0.2) is 27.4 Å². The number of benzene rings is 3. The molecule has 32 heavy (non-hydrogen) atoms. The molecule has 0 saturated carbocycles. The Morgan fingerprint density at radius 1 is 1.09 bits per heavy atom. The topological polar surface area (TPSA) is 99.6 Å². The Balaban J connectivity index is 1.36. The van der Waals surface area contributed by atoms with Crippen LogP contribution in [0.4, 0.5) is 0 Å². The summed E-state index contributed by atoms with van der Waals surface area (Å²) < 4.78 is 6.58. The number of carbonyl (C=O) groups is 1. The second-order valence-electron chi connectivity index (χ2n) is 6.87. The van der Waals surface area contributed by atoms with E-state index in [1.165, 1.54) is 12.3 Å². The van der Waals surface area contributed by atoms with Gasteiger partial charge in [-0.2, -0.15) is 10.2 Å². The standard InChI is InChI=1S/C24H19BrN4O3/c25-19-8-11-23(30)18(12-19)14-26-29-24(31)22-13-21(27-28-22)17-6-9-20(10-7-17)32-15-16-4-2-1-3-5-16/h1-14,30H,15H2,(H,27,28)(H,29,31)/b26-14+. The molecule has 3 aromatic carbocycles. The van der Waals surface area contributed by atoms with E-state index in [-0.39, 0.29) is 11.4 Å². The molecule has 0 bridgehead atoms. The number of hydrazone groups is 1. The molecule has 0 aliphatic heterocycles. The van der Waals surface area contributed by atoms with E-state index in [0.717, 1.165) is 21.3 Å². The van der Waals surface area contributed by atoms with Gasteiger partial charge in [-0.3, -0.25) is 9.89 Å². The molecule has 0 aliphatic rings. The third kappa shape index (κ3) is 5.41. The van der Waals surface area contributed by atoms with Crippen molar-refractivity contribution in [1.82, 2.24) is 15.6 Å². The highest BCUT2D eigenvalue weighted by Crippen LogP contribution is 2.22. The van der Waals surface area contributed by atoms with Gasteiger partial charge in [0.15, 0.2) is 0 Å². The summed E-state index contributed by atoms with van der Waals surface area (Å²) in [6, 6.07) is 24.0. The molecule has 4 rings (SSSR count). The normalized spacial score (nSPS) is 10.9. The van der Waals surface area contributed by atoms with Gasteiger partial charge in [0, 0.05) is 15.6 Å². The van der Waals surface area contributed by atoms with Crippen LogP contribution in [0.2, 0.25) is 0 Å². The lowest BCUT2D eigenvalue weighted by atomic mass is 10.1. The van der Waals surface area contributed by atoms with Crippen LogP contribution in [0, 0.1) is 0 Å². The zero-order valence-corrected chi connectivity index (χ0v) is 18.4. The molecule has 0 aliphatic carbocycles. The summed E-state index contributed by atoms with van der Waals surface area (Å²) in [5.41, 5.74) is 5.71. The predicted octanol–water partition coefficient (Wildman–Crippen LogP) is 4.89. The highest BCUT2D eigenvalue weighted by molar-refractivity contribution is 9.10. The Morgan fingerprint density at radius 3 is 2.66 bits per heavy atom. The third-order valence-corrected chi connectivity index (χ3v) is 5.07. The van der Waals surface area contributed by atoms with Gasteiger partial charge >= 0.3 is 0 Å². The third-order valence-electron chi connectivity index (χ3n) is 4.58. The number of aromatic hydroxyl groups is 1. The fraction of sp³-hybridized carbons (Fsp3) is 0.0417. The van der Waals surface area contributed by atoms with E-state index in [1.54, 1.807) is 18.2 Å². The average Bonchev–Trinajstić information content (AvgIpc) is 3.31. The van der Waals surface area contributed by atoms with Crippen molar-refractivity contribution < 1.29 is 14.6 Å². The molecule has 3 N–H and O–H groups in total. The van der Waals surface area contributed by atoms with Crippen molar-refractivity contribution in [2.75, 3.05) is 0 Å². The molecule has 4 aromatic rings. The van der Waals surface area contributed by atoms with Crippen molar-refractivity contribution in [2.24, 2.45) is 5.10 Å². The molecule has 1 heterocycles. The van der Waals surface area contributed by atoms with Crippen molar-refractivity contribution in [1.29, 1.82) is 0 Å². The molecule has 1 amide bonds. The molecule has 8 heteroatoms. The first-order valence-electron chi connectivity index (χ1n) is 9.73. The van der Waals surface area contributed by atoms with Gasteiger partial charge < -0.3 is 9.84 Å². The summed E-state index contributed by atoms with van der Waals surface area (Å²) in [5, 5.41) is 20.6. The zero-order chi connectivity index (χ0) is 22.3. The van der Waals surface area contributed by atoms with E-state index in [4.69, 9.17) is 4.74 Å². The molecule has 0 atom stereocenters. The number of carbonyl (C=O) groups excluding carboxylic acids is 1. The maximum absolute atomic E-state index is 12.3. The molecule has 0 radical (unpaired) electrons. The van der Waals surface area contributed by atoms with Crippen molar-refractivity contribution >= 4 is 28.1 Å². The maximum Gasteiger partial charge on any atom is 0.289 e. The first kappa shape index (κ1) is 21.3. The Kier molecular flexibility index (Phi) is 6.62. The van der Waals surface area contributed by atoms with E-state index in [9.17, 15) is 9.90 Å². The highest BCUT2D eigenvalue weighted by atomic mass is 79.9. The van der Waals surface area contributed by atoms with Gasteiger partial charge in [-0.15, -0.1) is 0 Å². The Labute approximate surface area is 192 Å². The Morgan fingerprint density at radius 2 is 1.88 bits per heavy atom. The van der Waals surface area contributed by atoms with Gasteiger partial charge in [0.25, 0.3) is 5.91 Å². The average molecular weight is 491 g/mol. The van der Waals surface area contributed by atoms with Crippen molar-refractivity contribution in [3.63, 3.8) is 0 Å².